The summed E-state index contributed by atoms with van der Waals surface area (Å²) in [7, 11) is 0. The number of amides is 1. The number of nitro groups is 1. The van der Waals surface area contributed by atoms with Crippen molar-refractivity contribution < 1.29 is 19.6 Å². The summed E-state index contributed by atoms with van der Waals surface area (Å²) >= 11 is 1.10. The predicted octanol–water partition coefficient (Wildman–Crippen LogP) is 2.54. The van der Waals surface area contributed by atoms with Crippen molar-refractivity contribution in [1.29, 1.82) is 0 Å². The van der Waals surface area contributed by atoms with Crippen LogP contribution in [0.5, 0.6) is 0 Å². The van der Waals surface area contributed by atoms with E-state index in [0.29, 0.717) is 5.56 Å². The number of carboxylic acid groups (broad SMARTS) is 1. The normalized spacial score (nSPS) is 10.1. The molecule has 7 nitrogen and oxygen atoms in total. The molecule has 0 saturated heterocycles. The summed E-state index contributed by atoms with van der Waals surface area (Å²) in [6.07, 6.45) is -0.0708. The van der Waals surface area contributed by atoms with Crippen LogP contribution in [0.1, 0.15) is 15.9 Å². The summed E-state index contributed by atoms with van der Waals surface area (Å²) in [5.41, 5.74) is 0.408. The summed E-state index contributed by atoms with van der Waals surface area (Å²) in [4.78, 5) is 32.9. The van der Waals surface area contributed by atoms with Crippen LogP contribution in [0.4, 0.5) is 10.7 Å². The maximum absolute atomic E-state index is 11.9. The number of anilines is 1. The number of carbonyl (C=O) groups is 2. The number of benzene rings is 1. The van der Waals surface area contributed by atoms with E-state index in [-0.39, 0.29) is 22.7 Å². The first-order valence-corrected chi connectivity index (χ1v) is 6.69. The molecule has 0 bridgehead atoms. The van der Waals surface area contributed by atoms with Crippen molar-refractivity contribution >= 4 is 33.9 Å². The van der Waals surface area contributed by atoms with Gasteiger partial charge in [-0.15, -0.1) is 11.3 Å². The lowest BCUT2D eigenvalue weighted by Gasteiger charge is -2.04. The molecule has 1 amide bonds. The smallest absolute Gasteiger partial charge is 0.338 e. The number of carboxylic acids is 1. The predicted molar refractivity (Wildman–Crippen MR) is 76.7 cm³/mol. The minimum atomic E-state index is -1.12. The van der Waals surface area contributed by atoms with Crippen molar-refractivity contribution in [3.8, 4) is 0 Å². The molecule has 2 N–H and O–H groups in total. The van der Waals surface area contributed by atoms with E-state index < -0.39 is 16.8 Å². The summed E-state index contributed by atoms with van der Waals surface area (Å²) in [5, 5.41) is 23.9. The van der Waals surface area contributed by atoms with Crippen molar-refractivity contribution in [3.05, 3.63) is 57.0 Å². The van der Waals surface area contributed by atoms with Gasteiger partial charge >= 0.3 is 5.97 Å². The van der Waals surface area contributed by atoms with Gasteiger partial charge in [-0.25, -0.2) is 4.79 Å². The van der Waals surface area contributed by atoms with Crippen molar-refractivity contribution in [3.63, 3.8) is 0 Å². The van der Waals surface area contributed by atoms with Crippen LogP contribution >= 0.6 is 11.3 Å². The highest BCUT2D eigenvalue weighted by atomic mass is 32.1. The van der Waals surface area contributed by atoms with Gasteiger partial charge in [0.05, 0.1) is 16.9 Å². The molecule has 0 atom stereocenters. The van der Waals surface area contributed by atoms with Crippen LogP contribution in [0.2, 0.25) is 0 Å². The third-order valence-corrected chi connectivity index (χ3v) is 3.46. The van der Waals surface area contributed by atoms with Crippen LogP contribution < -0.4 is 5.32 Å². The van der Waals surface area contributed by atoms with Crippen LogP contribution in [-0.4, -0.2) is 21.9 Å². The topological polar surface area (TPSA) is 110 Å². The largest absolute Gasteiger partial charge is 0.478 e. The van der Waals surface area contributed by atoms with Crippen LogP contribution in [0, 0.1) is 10.1 Å². The lowest BCUT2D eigenvalue weighted by Crippen LogP contribution is -2.15. The second kappa shape index (κ2) is 6.14. The van der Waals surface area contributed by atoms with E-state index in [1.54, 1.807) is 11.4 Å². The molecule has 0 saturated carbocycles. The molecule has 2 rings (SSSR count). The number of hydrogen-bond acceptors (Lipinski definition) is 5. The van der Waals surface area contributed by atoms with E-state index in [2.05, 4.69) is 5.32 Å². The number of nitro benzene ring substituents is 1. The molecule has 1 aromatic heterocycles. The standard InChI is InChI=1S/C13H10N2O5S/c16-11(14-12-10(13(17)18)4-5-21-12)7-8-2-1-3-9(6-8)15(19)20/h1-6H,7H2,(H,14,16)(H,17,18). The monoisotopic (exact) mass is 306 g/mol. The summed E-state index contributed by atoms with van der Waals surface area (Å²) < 4.78 is 0. The number of nitrogens with zero attached hydrogens (tertiary/aromatic N) is 1. The van der Waals surface area contributed by atoms with Gasteiger partial charge in [0.15, 0.2) is 0 Å². The van der Waals surface area contributed by atoms with Gasteiger partial charge in [0.25, 0.3) is 5.69 Å². The van der Waals surface area contributed by atoms with Crippen molar-refractivity contribution in [2.75, 3.05) is 5.32 Å². The van der Waals surface area contributed by atoms with Crippen LogP contribution in [0.3, 0.4) is 0 Å². The average Bonchev–Trinajstić information content (AvgIpc) is 2.87. The van der Waals surface area contributed by atoms with Gasteiger partial charge in [0.2, 0.25) is 5.91 Å². The highest BCUT2D eigenvalue weighted by Crippen LogP contribution is 2.23. The summed E-state index contributed by atoms with van der Waals surface area (Å²) in [6.45, 7) is 0. The van der Waals surface area contributed by atoms with Crippen LogP contribution in [0.25, 0.3) is 0 Å². The highest BCUT2D eigenvalue weighted by Gasteiger charge is 2.15. The molecule has 0 unspecified atom stereocenters. The van der Waals surface area contributed by atoms with E-state index in [9.17, 15) is 19.7 Å². The quantitative estimate of drug-likeness (QED) is 0.651. The molecular weight excluding hydrogens is 296 g/mol. The minimum absolute atomic E-state index is 0.0207. The number of hydrogen-bond donors (Lipinski definition) is 2. The van der Waals surface area contributed by atoms with Crippen LogP contribution in [0.15, 0.2) is 35.7 Å². The molecular formula is C13H10N2O5S. The molecule has 0 radical (unpaired) electrons. The zero-order chi connectivity index (χ0) is 15.4. The van der Waals surface area contributed by atoms with E-state index in [1.165, 1.54) is 24.3 Å². The molecule has 0 aliphatic rings. The fourth-order valence-corrected chi connectivity index (χ4v) is 2.51. The fourth-order valence-electron chi connectivity index (χ4n) is 1.71. The average molecular weight is 306 g/mol. The van der Waals surface area contributed by atoms with Gasteiger partial charge in [-0.05, 0) is 17.0 Å². The zero-order valence-corrected chi connectivity index (χ0v) is 11.4. The van der Waals surface area contributed by atoms with Gasteiger partial charge in [-0.1, -0.05) is 12.1 Å². The third kappa shape index (κ3) is 3.63. The Morgan fingerprint density at radius 1 is 1.33 bits per heavy atom. The molecule has 2 aromatic rings. The Labute approximate surface area is 123 Å². The number of non-ortho nitro benzene ring substituents is 1. The minimum Gasteiger partial charge on any atom is -0.478 e. The second-order valence-corrected chi connectivity index (χ2v) is 5.04. The Kier molecular flexibility index (Phi) is 4.29. The second-order valence-electron chi connectivity index (χ2n) is 4.12. The lowest BCUT2D eigenvalue weighted by atomic mass is 10.1. The number of aromatic carboxylic acids is 1. The lowest BCUT2D eigenvalue weighted by molar-refractivity contribution is -0.384. The van der Waals surface area contributed by atoms with Gasteiger partial charge in [0, 0.05) is 12.1 Å². The van der Waals surface area contributed by atoms with E-state index in [1.807, 2.05) is 0 Å². The zero-order valence-electron chi connectivity index (χ0n) is 10.6. The highest BCUT2D eigenvalue weighted by molar-refractivity contribution is 7.14. The Hall–Kier alpha value is -2.74. The third-order valence-electron chi connectivity index (χ3n) is 2.63. The summed E-state index contributed by atoms with van der Waals surface area (Å²) in [5.74, 6) is -1.55. The Balaban J connectivity index is 2.08. The Morgan fingerprint density at radius 2 is 2.10 bits per heavy atom. The number of rotatable bonds is 5. The van der Waals surface area contributed by atoms with Crippen molar-refractivity contribution in [1.82, 2.24) is 0 Å². The Bertz CT molecular complexity index is 710. The van der Waals surface area contributed by atoms with E-state index >= 15 is 0 Å². The maximum Gasteiger partial charge on any atom is 0.338 e. The molecule has 1 heterocycles. The van der Waals surface area contributed by atoms with E-state index in [0.717, 1.165) is 11.3 Å². The molecule has 108 valence electrons. The fraction of sp³-hybridized carbons (Fsp3) is 0.0769. The molecule has 0 spiro atoms. The molecule has 0 aliphatic carbocycles. The molecule has 1 aromatic carbocycles. The SMILES string of the molecule is O=C(Cc1cccc([N+](=O)[O-])c1)Nc1sccc1C(=O)O. The van der Waals surface area contributed by atoms with Crippen molar-refractivity contribution in [2.24, 2.45) is 0 Å². The first-order chi connectivity index (χ1) is 9.97. The van der Waals surface area contributed by atoms with Gasteiger partial charge in [0.1, 0.15) is 5.00 Å². The molecule has 0 fully saturated rings. The number of nitrogens with one attached hydrogen (secondary N) is 1. The van der Waals surface area contributed by atoms with Gasteiger partial charge in [-0.2, -0.15) is 0 Å². The molecule has 0 aliphatic heterocycles. The number of thiophene rings is 1. The first-order valence-electron chi connectivity index (χ1n) is 5.81. The number of carbonyl (C=O) groups excluding carboxylic acids is 1. The Morgan fingerprint density at radius 3 is 2.76 bits per heavy atom. The van der Waals surface area contributed by atoms with Gasteiger partial charge < -0.3 is 10.4 Å². The van der Waals surface area contributed by atoms with Gasteiger partial charge in [-0.3, -0.25) is 14.9 Å². The maximum atomic E-state index is 11.9. The van der Waals surface area contributed by atoms with Crippen LogP contribution in [-0.2, 0) is 11.2 Å². The summed E-state index contributed by atoms with van der Waals surface area (Å²) in [6, 6.07) is 7.14. The molecule has 21 heavy (non-hydrogen) atoms. The molecule has 8 heteroatoms. The van der Waals surface area contributed by atoms with Crippen molar-refractivity contribution in [2.45, 2.75) is 6.42 Å². The van der Waals surface area contributed by atoms with E-state index in [4.69, 9.17) is 5.11 Å². The first kappa shape index (κ1) is 14.7.